The molecule has 0 unspecified atom stereocenters. The largest absolute Gasteiger partial charge is 0.332 e. The van der Waals surface area contributed by atoms with Crippen molar-refractivity contribution in [2.45, 2.75) is 45.2 Å². The lowest BCUT2D eigenvalue weighted by Gasteiger charge is -2.11. The van der Waals surface area contributed by atoms with Gasteiger partial charge in [-0.3, -0.25) is 0 Å². The Kier molecular flexibility index (Phi) is 2.87. The van der Waals surface area contributed by atoms with Gasteiger partial charge >= 0.3 is 0 Å². The third-order valence-electron chi connectivity index (χ3n) is 2.69. The molecule has 0 bridgehead atoms. The van der Waals surface area contributed by atoms with Crippen LogP contribution in [-0.4, -0.2) is 22.1 Å². The minimum absolute atomic E-state index is 0.522. The summed E-state index contributed by atoms with van der Waals surface area (Å²) in [5.41, 5.74) is 1.34. The highest BCUT2D eigenvalue weighted by Crippen LogP contribution is 2.18. The maximum Gasteiger partial charge on any atom is 0.0950 e. The number of rotatable bonds is 5. The average Bonchev–Trinajstić information content (AvgIpc) is 2.82. The highest BCUT2D eigenvalue weighted by atomic mass is 15.1. The number of hydrogen-bond donors (Lipinski definition) is 1. The van der Waals surface area contributed by atoms with Gasteiger partial charge in [0.15, 0.2) is 0 Å². The highest BCUT2D eigenvalue weighted by Gasteiger charge is 2.19. The average molecular weight is 193 g/mol. The summed E-state index contributed by atoms with van der Waals surface area (Å²) in [6.07, 6.45) is 7.73. The van der Waals surface area contributed by atoms with E-state index in [1.165, 1.54) is 18.5 Å². The molecule has 14 heavy (non-hydrogen) atoms. The molecule has 0 aromatic carbocycles. The Bertz CT molecular complexity index is 286. The summed E-state index contributed by atoms with van der Waals surface area (Å²) in [6, 6.07) is 1.33. The van der Waals surface area contributed by atoms with E-state index in [-0.39, 0.29) is 0 Å². The van der Waals surface area contributed by atoms with Crippen molar-refractivity contribution >= 4 is 0 Å². The first kappa shape index (κ1) is 9.71. The van der Waals surface area contributed by atoms with E-state index in [2.05, 4.69) is 28.7 Å². The van der Waals surface area contributed by atoms with E-state index in [0.717, 1.165) is 19.0 Å². The molecule has 0 amide bonds. The molecular weight excluding hydrogens is 174 g/mol. The fourth-order valence-corrected chi connectivity index (χ4v) is 1.68. The summed E-state index contributed by atoms with van der Waals surface area (Å²) in [7, 11) is 0. The summed E-state index contributed by atoms with van der Waals surface area (Å²) in [6.45, 7) is 5.47. The Morgan fingerprint density at radius 3 is 3.00 bits per heavy atom. The fourth-order valence-electron chi connectivity index (χ4n) is 1.68. The van der Waals surface area contributed by atoms with Crippen LogP contribution in [0.4, 0.5) is 0 Å². The molecule has 2 rings (SSSR count). The van der Waals surface area contributed by atoms with E-state index in [1.54, 1.807) is 0 Å². The van der Waals surface area contributed by atoms with Gasteiger partial charge in [0.05, 0.1) is 6.33 Å². The van der Waals surface area contributed by atoms with Crippen molar-refractivity contribution in [2.75, 3.05) is 6.54 Å². The van der Waals surface area contributed by atoms with Gasteiger partial charge in [-0.15, -0.1) is 0 Å². The minimum Gasteiger partial charge on any atom is -0.332 e. The first-order valence-electron chi connectivity index (χ1n) is 5.51. The van der Waals surface area contributed by atoms with Gasteiger partial charge in [0, 0.05) is 36.9 Å². The summed E-state index contributed by atoms with van der Waals surface area (Å²) >= 11 is 0. The molecule has 3 nitrogen and oxygen atoms in total. The van der Waals surface area contributed by atoms with Crippen LogP contribution in [-0.2, 0) is 6.42 Å². The Hall–Kier alpha value is -0.830. The third kappa shape index (κ3) is 2.35. The smallest absolute Gasteiger partial charge is 0.0950 e. The van der Waals surface area contributed by atoms with E-state index in [4.69, 9.17) is 0 Å². The summed E-state index contributed by atoms with van der Waals surface area (Å²) in [5, 5.41) is 3.52. The van der Waals surface area contributed by atoms with E-state index < -0.39 is 0 Å². The predicted octanol–water partition coefficient (Wildman–Crippen LogP) is 1.76. The van der Waals surface area contributed by atoms with Gasteiger partial charge in [0.25, 0.3) is 0 Å². The minimum atomic E-state index is 0.522. The molecule has 78 valence electrons. The number of imidazole rings is 1. The van der Waals surface area contributed by atoms with Crippen LogP contribution in [0.1, 0.15) is 38.4 Å². The van der Waals surface area contributed by atoms with Crippen LogP contribution in [0.5, 0.6) is 0 Å². The molecule has 1 aliphatic carbocycles. The lowest BCUT2D eigenvalue weighted by molar-refractivity contribution is 0.562. The van der Waals surface area contributed by atoms with E-state index in [1.807, 2.05) is 12.5 Å². The second-order valence-corrected chi connectivity index (χ2v) is 4.36. The first-order chi connectivity index (χ1) is 6.77. The number of aromatic nitrogens is 2. The molecule has 1 fully saturated rings. The monoisotopic (exact) mass is 193 g/mol. The van der Waals surface area contributed by atoms with Gasteiger partial charge < -0.3 is 9.88 Å². The van der Waals surface area contributed by atoms with Gasteiger partial charge in [-0.2, -0.15) is 0 Å². The first-order valence-corrected chi connectivity index (χ1v) is 5.51. The van der Waals surface area contributed by atoms with Crippen LogP contribution in [0.2, 0.25) is 0 Å². The van der Waals surface area contributed by atoms with E-state index in [0.29, 0.717) is 6.04 Å². The molecule has 3 heteroatoms. The van der Waals surface area contributed by atoms with Crippen LogP contribution >= 0.6 is 0 Å². The van der Waals surface area contributed by atoms with Crippen molar-refractivity contribution < 1.29 is 0 Å². The molecule has 0 radical (unpaired) electrons. The zero-order valence-electron chi connectivity index (χ0n) is 9.03. The lowest BCUT2D eigenvalue weighted by Crippen LogP contribution is -2.20. The second kappa shape index (κ2) is 4.13. The number of nitrogens with one attached hydrogen (secondary N) is 1. The van der Waals surface area contributed by atoms with Gasteiger partial charge in [-0.1, -0.05) is 0 Å². The third-order valence-corrected chi connectivity index (χ3v) is 2.69. The predicted molar refractivity (Wildman–Crippen MR) is 57.3 cm³/mol. The van der Waals surface area contributed by atoms with Gasteiger partial charge in [0.1, 0.15) is 0 Å². The van der Waals surface area contributed by atoms with Gasteiger partial charge in [0.2, 0.25) is 0 Å². The molecule has 0 spiro atoms. The lowest BCUT2D eigenvalue weighted by atomic mass is 10.3. The molecule has 1 aromatic rings. The number of nitrogens with zero attached hydrogens (tertiary/aromatic N) is 2. The normalized spacial score (nSPS) is 16.5. The quantitative estimate of drug-likeness (QED) is 0.772. The zero-order valence-corrected chi connectivity index (χ0v) is 9.03. The van der Waals surface area contributed by atoms with Crippen molar-refractivity contribution in [3.05, 3.63) is 18.2 Å². The molecule has 1 saturated carbocycles. The van der Waals surface area contributed by atoms with Crippen molar-refractivity contribution in [3.8, 4) is 0 Å². The van der Waals surface area contributed by atoms with Crippen molar-refractivity contribution in [2.24, 2.45) is 0 Å². The summed E-state index contributed by atoms with van der Waals surface area (Å²) in [5.74, 6) is 0. The van der Waals surface area contributed by atoms with Crippen molar-refractivity contribution in [1.82, 2.24) is 14.9 Å². The second-order valence-electron chi connectivity index (χ2n) is 4.36. The maximum atomic E-state index is 4.19. The molecule has 0 aliphatic heterocycles. The molecule has 1 N–H and O–H groups in total. The van der Waals surface area contributed by atoms with Crippen molar-refractivity contribution in [3.63, 3.8) is 0 Å². The Morgan fingerprint density at radius 2 is 2.36 bits per heavy atom. The molecule has 1 aromatic heterocycles. The summed E-state index contributed by atoms with van der Waals surface area (Å²) in [4.78, 5) is 4.19. The standard InChI is InChI=1S/C11H19N3/c1-9(2)14-8-12-7-11(14)5-6-13-10-3-4-10/h7-10,13H,3-6H2,1-2H3. The topological polar surface area (TPSA) is 29.9 Å². The van der Waals surface area contributed by atoms with E-state index in [9.17, 15) is 0 Å². The Morgan fingerprint density at radius 1 is 1.57 bits per heavy atom. The molecule has 1 aliphatic rings. The van der Waals surface area contributed by atoms with Crippen molar-refractivity contribution in [1.29, 1.82) is 0 Å². The van der Waals surface area contributed by atoms with Crippen LogP contribution < -0.4 is 5.32 Å². The number of hydrogen-bond acceptors (Lipinski definition) is 2. The molecule has 0 saturated heterocycles. The highest BCUT2D eigenvalue weighted by molar-refractivity contribution is 5.00. The van der Waals surface area contributed by atoms with Gasteiger partial charge in [-0.05, 0) is 26.7 Å². The zero-order chi connectivity index (χ0) is 9.97. The Balaban J connectivity index is 1.84. The summed E-state index contributed by atoms with van der Waals surface area (Å²) < 4.78 is 2.24. The van der Waals surface area contributed by atoms with Crippen LogP contribution in [0.25, 0.3) is 0 Å². The SMILES string of the molecule is CC(C)n1cncc1CCNC1CC1. The van der Waals surface area contributed by atoms with Crippen LogP contribution in [0, 0.1) is 0 Å². The molecular formula is C11H19N3. The Labute approximate surface area is 85.5 Å². The maximum absolute atomic E-state index is 4.19. The molecule has 1 heterocycles. The fraction of sp³-hybridized carbons (Fsp3) is 0.727. The van der Waals surface area contributed by atoms with Gasteiger partial charge in [-0.25, -0.2) is 4.98 Å². The van der Waals surface area contributed by atoms with Crippen LogP contribution in [0.3, 0.4) is 0 Å². The van der Waals surface area contributed by atoms with Crippen LogP contribution in [0.15, 0.2) is 12.5 Å². The molecule has 0 atom stereocenters. The van der Waals surface area contributed by atoms with E-state index >= 15 is 0 Å².